The average molecular weight is 330 g/mol. The van der Waals surface area contributed by atoms with Crippen LogP contribution in [0.2, 0.25) is 5.02 Å². The number of nitrogens with two attached hydrogens (primary N) is 1. The zero-order chi connectivity index (χ0) is 16.4. The Morgan fingerprint density at radius 2 is 2.00 bits per heavy atom. The van der Waals surface area contributed by atoms with Crippen molar-refractivity contribution in [2.45, 2.75) is 25.8 Å². The van der Waals surface area contributed by atoms with Gasteiger partial charge in [0.05, 0.1) is 0 Å². The third-order valence-corrected chi connectivity index (χ3v) is 4.53. The molecule has 2 aromatic carbocycles. The Hall–Kier alpha value is -2.20. The summed E-state index contributed by atoms with van der Waals surface area (Å²) in [5.74, 6) is -0.0393. The molecule has 0 bridgehead atoms. The molecule has 1 amide bonds. The van der Waals surface area contributed by atoms with Crippen molar-refractivity contribution in [2.24, 2.45) is 0 Å². The maximum atomic E-state index is 12.6. The first kappa shape index (κ1) is 15.7. The van der Waals surface area contributed by atoms with Crippen LogP contribution in [0.5, 0.6) is 0 Å². The summed E-state index contributed by atoms with van der Waals surface area (Å²) in [6.07, 6.45) is 1.96. The van der Waals surface area contributed by atoms with E-state index >= 15 is 0 Å². The molecule has 1 heterocycles. The molecule has 0 aromatic heterocycles. The third-order valence-electron chi connectivity index (χ3n) is 4.28. The van der Waals surface area contributed by atoms with Crippen LogP contribution in [0, 0.1) is 0 Å². The smallest absolute Gasteiger partial charge is 0.246 e. The van der Waals surface area contributed by atoms with Gasteiger partial charge >= 0.3 is 0 Å². The number of amides is 1. The second kappa shape index (κ2) is 6.50. The van der Waals surface area contributed by atoms with Crippen LogP contribution < -0.4 is 16.0 Å². The fraction of sp³-hybridized carbons (Fsp3) is 0.278. The van der Waals surface area contributed by atoms with E-state index in [4.69, 9.17) is 17.3 Å². The Kier molecular flexibility index (Phi) is 4.44. The standard InChI is InChI=1S/C18H20ClN3O/c1-12(18(23)21-14-9-7-13(19)8-10-14)22-11-3-4-15-16(20)5-2-6-17(15)22/h2,5-10,12H,3-4,11,20H2,1H3,(H,21,23). The lowest BCUT2D eigenvalue weighted by Crippen LogP contribution is -2.44. The largest absolute Gasteiger partial charge is 0.398 e. The van der Waals surface area contributed by atoms with Crippen molar-refractivity contribution in [2.75, 3.05) is 22.5 Å². The highest BCUT2D eigenvalue weighted by Crippen LogP contribution is 2.32. The van der Waals surface area contributed by atoms with Crippen molar-refractivity contribution in [3.63, 3.8) is 0 Å². The van der Waals surface area contributed by atoms with Gasteiger partial charge in [-0.05, 0) is 61.7 Å². The van der Waals surface area contributed by atoms with Crippen LogP contribution in [0.25, 0.3) is 0 Å². The number of nitrogens with one attached hydrogen (secondary N) is 1. The summed E-state index contributed by atoms with van der Waals surface area (Å²) in [4.78, 5) is 14.7. The highest BCUT2D eigenvalue weighted by molar-refractivity contribution is 6.30. The number of hydrogen-bond acceptors (Lipinski definition) is 3. The van der Waals surface area contributed by atoms with Gasteiger partial charge in [0.25, 0.3) is 0 Å². The first-order valence-electron chi connectivity index (χ1n) is 7.76. The maximum Gasteiger partial charge on any atom is 0.246 e. The minimum atomic E-state index is -0.272. The summed E-state index contributed by atoms with van der Waals surface area (Å²) in [7, 11) is 0. The number of carbonyl (C=O) groups excluding carboxylic acids is 1. The SMILES string of the molecule is CC(C(=O)Nc1ccc(Cl)cc1)N1CCCc2c(N)cccc21. The quantitative estimate of drug-likeness (QED) is 0.844. The van der Waals surface area contributed by atoms with Crippen molar-refractivity contribution in [3.8, 4) is 0 Å². The first-order valence-corrected chi connectivity index (χ1v) is 8.14. The van der Waals surface area contributed by atoms with Gasteiger partial charge in [0.15, 0.2) is 0 Å². The third kappa shape index (κ3) is 3.27. The van der Waals surface area contributed by atoms with Gasteiger partial charge in [0, 0.05) is 28.6 Å². The summed E-state index contributed by atoms with van der Waals surface area (Å²) in [5.41, 5.74) is 9.84. The topological polar surface area (TPSA) is 58.4 Å². The number of benzene rings is 2. The highest BCUT2D eigenvalue weighted by Gasteiger charge is 2.26. The molecule has 3 rings (SSSR count). The van der Waals surface area contributed by atoms with Gasteiger partial charge in [-0.3, -0.25) is 4.79 Å². The molecule has 0 saturated carbocycles. The van der Waals surface area contributed by atoms with Crippen LogP contribution in [0.1, 0.15) is 18.9 Å². The van der Waals surface area contributed by atoms with E-state index in [-0.39, 0.29) is 11.9 Å². The molecule has 0 radical (unpaired) electrons. The van der Waals surface area contributed by atoms with Crippen molar-refractivity contribution < 1.29 is 4.79 Å². The fourth-order valence-corrected chi connectivity index (χ4v) is 3.13. The Balaban J connectivity index is 1.78. The van der Waals surface area contributed by atoms with Gasteiger partial charge in [0.2, 0.25) is 5.91 Å². The first-order chi connectivity index (χ1) is 11.1. The zero-order valence-corrected chi connectivity index (χ0v) is 13.8. The van der Waals surface area contributed by atoms with Gasteiger partial charge in [-0.15, -0.1) is 0 Å². The molecule has 1 unspecified atom stereocenters. The van der Waals surface area contributed by atoms with Gasteiger partial charge in [0.1, 0.15) is 6.04 Å². The Bertz CT molecular complexity index is 715. The molecule has 1 aliphatic rings. The fourth-order valence-electron chi connectivity index (χ4n) is 3.00. The normalized spacial score (nSPS) is 15.0. The van der Waals surface area contributed by atoms with Crippen LogP contribution in [0.15, 0.2) is 42.5 Å². The van der Waals surface area contributed by atoms with E-state index in [9.17, 15) is 4.79 Å². The number of fused-ring (bicyclic) bond motifs is 1. The molecular weight excluding hydrogens is 310 g/mol. The van der Waals surface area contributed by atoms with Crippen LogP contribution in [0.4, 0.5) is 17.1 Å². The van der Waals surface area contributed by atoms with Gasteiger partial charge < -0.3 is 16.0 Å². The number of hydrogen-bond donors (Lipinski definition) is 2. The predicted molar refractivity (Wildman–Crippen MR) is 96.1 cm³/mol. The van der Waals surface area contributed by atoms with Gasteiger partial charge in [-0.25, -0.2) is 0 Å². The van der Waals surface area contributed by atoms with Crippen molar-refractivity contribution in [1.29, 1.82) is 0 Å². The molecule has 0 spiro atoms. The van der Waals surface area contributed by atoms with Crippen LogP contribution in [-0.4, -0.2) is 18.5 Å². The van der Waals surface area contributed by atoms with E-state index in [1.54, 1.807) is 24.3 Å². The molecule has 120 valence electrons. The molecule has 3 N–H and O–H groups in total. The monoisotopic (exact) mass is 329 g/mol. The lowest BCUT2D eigenvalue weighted by Gasteiger charge is -2.36. The summed E-state index contributed by atoms with van der Waals surface area (Å²) in [5, 5.41) is 3.59. The summed E-state index contributed by atoms with van der Waals surface area (Å²) < 4.78 is 0. The van der Waals surface area contributed by atoms with E-state index in [0.717, 1.165) is 42.0 Å². The van der Waals surface area contributed by atoms with Crippen LogP contribution >= 0.6 is 11.6 Å². The van der Waals surface area contributed by atoms with E-state index in [1.807, 2.05) is 25.1 Å². The maximum absolute atomic E-state index is 12.6. The van der Waals surface area contributed by atoms with E-state index in [0.29, 0.717) is 5.02 Å². The minimum Gasteiger partial charge on any atom is -0.398 e. The predicted octanol–water partition coefficient (Wildman–Crippen LogP) is 3.70. The summed E-state index contributed by atoms with van der Waals surface area (Å²) >= 11 is 5.87. The summed E-state index contributed by atoms with van der Waals surface area (Å²) in [6.45, 7) is 2.77. The molecule has 23 heavy (non-hydrogen) atoms. The molecule has 5 heteroatoms. The van der Waals surface area contributed by atoms with Gasteiger partial charge in [-0.1, -0.05) is 17.7 Å². The number of anilines is 3. The van der Waals surface area contributed by atoms with Crippen molar-refractivity contribution in [1.82, 2.24) is 0 Å². The molecular formula is C18H20ClN3O. The number of halogens is 1. The highest BCUT2D eigenvalue weighted by atomic mass is 35.5. The second-order valence-electron chi connectivity index (χ2n) is 5.81. The number of rotatable bonds is 3. The van der Waals surface area contributed by atoms with Crippen molar-refractivity contribution in [3.05, 3.63) is 53.1 Å². The van der Waals surface area contributed by atoms with E-state index in [2.05, 4.69) is 10.2 Å². The van der Waals surface area contributed by atoms with Gasteiger partial charge in [-0.2, -0.15) is 0 Å². The van der Waals surface area contributed by atoms with Crippen LogP contribution in [-0.2, 0) is 11.2 Å². The Morgan fingerprint density at radius 1 is 1.26 bits per heavy atom. The van der Waals surface area contributed by atoms with Crippen LogP contribution in [0.3, 0.4) is 0 Å². The lowest BCUT2D eigenvalue weighted by molar-refractivity contribution is -0.117. The molecule has 4 nitrogen and oxygen atoms in total. The summed E-state index contributed by atoms with van der Waals surface area (Å²) in [6, 6.07) is 12.8. The Morgan fingerprint density at radius 3 is 2.74 bits per heavy atom. The zero-order valence-electron chi connectivity index (χ0n) is 13.1. The molecule has 0 aliphatic carbocycles. The molecule has 1 atom stereocenters. The van der Waals surface area contributed by atoms with Crippen molar-refractivity contribution >= 4 is 34.6 Å². The minimum absolute atomic E-state index is 0.0393. The van der Waals surface area contributed by atoms with E-state index < -0.39 is 0 Å². The molecule has 2 aromatic rings. The van der Waals surface area contributed by atoms with E-state index in [1.165, 1.54) is 0 Å². The molecule has 0 saturated heterocycles. The molecule has 0 fully saturated rings. The Labute approximate surface area is 141 Å². The number of nitrogen functional groups attached to an aromatic ring is 1. The number of nitrogens with zero attached hydrogens (tertiary/aromatic N) is 1. The lowest BCUT2D eigenvalue weighted by atomic mass is 9.98. The molecule has 1 aliphatic heterocycles. The second-order valence-corrected chi connectivity index (χ2v) is 6.25. The average Bonchev–Trinajstić information content (AvgIpc) is 2.56. The number of carbonyl (C=O) groups is 1.